The molecule has 0 atom stereocenters. The van der Waals surface area contributed by atoms with Gasteiger partial charge >= 0.3 is 0 Å². The molecule has 4 heterocycles. The summed E-state index contributed by atoms with van der Waals surface area (Å²) in [6.07, 6.45) is 2.34. The number of anilines is 1. The quantitative estimate of drug-likeness (QED) is 0.469. The number of nitrogens with two attached hydrogens (primary N) is 1. The van der Waals surface area contributed by atoms with Crippen molar-refractivity contribution < 1.29 is 4.74 Å². The lowest BCUT2D eigenvalue weighted by Crippen LogP contribution is -2.29. The Morgan fingerprint density at radius 1 is 1.13 bits per heavy atom. The highest BCUT2D eigenvalue weighted by Gasteiger charge is 2.16. The summed E-state index contributed by atoms with van der Waals surface area (Å²) in [5.74, 6) is 2.04. The number of benzene rings is 1. The third kappa shape index (κ3) is 3.78. The summed E-state index contributed by atoms with van der Waals surface area (Å²) in [5.41, 5.74) is 12.0. The molecule has 156 valence electrons. The number of fused-ring (bicyclic) bond motifs is 2. The van der Waals surface area contributed by atoms with Crippen LogP contribution in [0.1, 0.15) is 24.2 Å². The number of hydrogen-bond donors (Lipinski definition) is 3. The van der Waals surface area contributed by atoms with Gasteiger partial charge < -0.3 is 25.3 Å². The number of aromatic amines is 2. The van der Waals surface area contributed by atoms with Crippen molar-refractivity contribution in [1.82, 2.24) is 24.8 Å². The Kier molecular flexibility index (Phi) is 4.92. The topological polar surface area (TPSA) is 95.8 Å². The summed E-state index contributed by atoms with van der Waals surface area (Å²) < 4.78 is 5.48. The highest BCUT2D eigenvalue weighted by molar-refractivity contribution is 5.95. The fraction of sp³-hybridized carbons (Fsp3) is 0.391. The monoisotopic (exact) mass is 404 g/mol. The van der Waals surface area contributed by atoms with Gasteiger partial charge in [-0.2, -0.15) is 0 Å². The number of nitrogen functional groups attached to an aromatic ring is 1. The van der Waals surface area contributed by atoms with Crippen molar-refractivity contribution in [3.05, 3.63) is 41.7 Å². The maximum Gasteiger partial charge on any atom is 0.180 e. The average molecular weight is 405 g/mol. The molecule has 5 rings (SSSR count). The van der Waals surface area contributed by atoms with Crippen molar-refractivity contribution in [1.29, 1.82) is 0 Å². The van der Waals surface area contributed by atoms with Crippen LogP contribution in [0.15, 0.2) is 30.3 Å². The first-order chi connectivity index (χ1) is 14.5. The first-order valence-electron chi connectivity index (χ1n) is 10.6. The molecule has 1 fully saturated rings. The Morgan fingerprint density at radius 3 is 2.80 bits per heavy atom. The molecule has 0 spiro atoms. The minimum absolute atomic E-state index is 0.470. The molecule has 1 aliphatic heterocycles. The first-order valence-corrected chi connectivity index (χ1v) is 10.6. The molecule has 0 amide bonds. The number of imidazole rings is 1. The first kappa shape index (κ1) is 19.1. The number of H-pyrrole nitrogens is 2. The summed E-state index contributed by atoms with van der Waals surface area (Å²) in [6.45, 7) is 5.79. The summed E-state index contributed by atoms with van der Waals surface area (Å²) >= 11 is 0. The van der Waals surface area contributed by atoms with Crippen molar-refractivity contribution in [2.75, 3.05) is 32.5 Å². The van der Waals surface area contributed by atoms with Gasteiger partial charge in [0.1, 0.15) is 11.6 Å². The van der Waals surface area contributed by atoms with E-state index in [4.69, 9.17) is 10.5 Å². The van der Waals surface area contributed by atoms with E-state index < -0.39 is 0 Å². The van der Waals surface area contributed by atoms with Gasteiger partial charge in [0.05, 0.1) is 5.52 Å². The highest BCUT2D eigenvalue weighted by Crippen LogP contribution is 2.31. The van der Waals surface area contributed by atoms with Crippen LogP contribution in [0, 0.1) is 12.8 Å². The minimum atomic E-state index is 0.470. The summed E-state index contributed by atoms with van der Waals surface area (Å²) in [7, 11) is 2.21. The van der Waals surface area contributed by atoms with E-state index in [-0.39, 0.29) is 0 Å². The van der Waals surface area contributed by atoms with Crippen LogP contribution < -0.4 is 5.73 Å². The van der Waals surface area contributed by atoms with Gasteiger partial charge in [0.25, 0.3) is 0 Å². The number of aryl methyl sites for hydroxylation is 1. The molecule has 0 radical (unpaired) electrons. The smallest absolute Gasteiger partial charge is 0.180 e. The minimum Gasteiger partial charge on any atom is -0.384 e. The van der Waals surface area contributed by atoms with E-state index in [1.807, 2.05) is 13.0 Å². The molecule has 0 bridgehead atoms. The number of hydrogen-bond acceptors (Lipinski definition) is 5. The number of rotatable bonds is 5. The molecule has 4 N–H and O–H groups in total. The zero-order valence-electron chi connectivity index (χ0n) is 17.5. The van der Waals surface area contributed by atoms with Gasteiger partial charge in [-0.15, -0.1) is 0 Å². The maximum atomic E-state index is 6.03. The Morgan fingerprint density at radius 2 is 1.97 bits per heavy atom. The van der Waals surface area contributed by atoms with E-state index in [1.54, 1.807) is 0 Å². The number of pyridine rings is 1. The van der Waals surface area contributed by atoms with Crippen LogP contribution in [-0.4, -0.2) is 51.6 Å². The molecule has 4 aromatic rings. The second-order valence-electron chi connectivity index (χ2n) is 8.47. The third-order valence-electron chi connectivity index (χ3n) is 5.94. The van der Waals surface area contributed by atoms with Gasteiger partial charge in [-0.3, -0.25) is 0 Å². The number of nitrogens with zero attached hydrogens (tertiary/aromatic N) is 3. The highest BCUT2D eigenvalue weighted by atomic mass is 16.5. The standard InChI is InChI=1S/C23H28N6O/c1-14-25-22-18(11-21(24)28-23(22)26-14)20-10-17-9-16(3-4-19(17)27-20)13-29(2)12-15-5-7-30-8-6-15/h3-4,9-11,15,27H,5-8,12-13H2,1-2H3,(H3,24,25,26,28). The van der Waals surface area contributed by atoms with E-state index in [0.29, 0.717) is 11.5 Å². The molecule has 0 unspecified atom stereocenters. The molecule has 1 aliphatic rings. The van der Waals surface area contributed by atoms with E-state index in [1.165, 1.54) is 23.8 Å². The van der Waals surface area contributed by atoms with Crippen LogP contribution in [0.2, 0.25) is 0 Å². The average Bonchev–Trinajstić information content (AvgIpc) is 3.30. The van der Waals surface area contributed by atoms with Crippen LogP contribution >= 0.6 is 0 Å². The van der Waals surface area contributed by atoms with Crippen LogP contribution in [0.3, 0.4) is 0 Å². The van der Waals surface area contributed by atoms with Crippen molar-refractivity contribution in [2.24, 2.45) is 5.92 Å². The lowest BCUT2D eigenvalue weighted by atomic mass is 9.99. The van der Waals surface area contributed by atoms with Crippen LogP contribution in [-0.2, 0) is 11.3 Å². The normalized spacial score (nSPS) is 15.6. The van der Waals surface area contributed by atoms with Crippen molar-refractivity contribution in [3.8, 4) is 11.3 Å². The fourth-order valence-corrected chi connectivity index (χ4v) is 4.51. The maximum absolute atomic E-state index is 6.03. The Labute approximate surface area is 175 Å². The molecule has 30 heavy (non-hydrogen) atoms. The van der Waals surface area contributed by atoms with Crippen molar-refractivity contribution in [3.63, 3.8) is 0 Å². The lowest BCUT2D eigenvalue weighted by Gasteiger charge is -2.27. The molecule has 3 aromatic heterocycles. The summed E-state index contributed by atoms with van der Waals surface area (Å²) in [6, 6.07) is 10.7. The van der Waals surface area contributed by atoms with Gasteiger partial charge in [-0.1, -0.05) is 6.07 Å². The molecule has 7 nitrogen and oxygen atoms in total. The molecule has 7 heteroatoms. The summed E-state index contributed by atoms with van der Waals surface area (Å²) in [4.78, 5) is 18.0. The van der Waals surface area contributed by atoms with Gasteiger partial charge in [0.2, 0.25) is 0 Å². The number of ether oxygens (including phenoxy) is 1. The molecule has 1 aromatic carbocycles. The van der Waals surface area contributed by atoms with Crippen LogP contribution in [0.4, 0.5) is 5.82 Å². The second kappa shape index (κ2) is 7.74. The SMILES string of the molecule is Cc1nc2nc(N)cc(-c3cc4cc(CN(C)CC5CCOCC5)ccc4[nH]3)c2[nH]1. The molecular formula is C23H28N6O. The lowest BCUT2D eigenvalue weighted by molar-refractivity contribution is 0.0549. The third-order valence-corrected chi connectivity index (χ3v) is 5.94. The van der Waals surface area contributed by atoms with Crippen molar-refractivity contribution in [2.45, 2.75) is 26.3 Å². The van der Waals surface area contributed by atoms with Gasteiger partial charge in [0, 0.05) is 48.5 Å². The van der Waals surface area contributed by atoms with Gasteiger partial charge in [-0.05, 0) is 62.6 Å². The molecule has 0 aliphatic carbocycles. The second-order valence-corrected chi connectivity index (χ2v) is 8.47. The van der Waals surface area contributed by atoms with E-state index in [2.05, 4.69) is 56.1 Å². The Balaban J connectivity index is 1.40. The number of aromatic nitrogens is 4. The zero-order chi connectivity index (χ0) is 20.7. The molecule has 1 saturated heterocycles. The molecular weight excluding hydrogens is 376 g/mol. The van der Waals surface area contributed by atoms with Gasteiger partial charge in [0.15, 0.2) is 5.65 Å². The van der Waals surface area contributed by atoms with Gasteiger partial charge in [-0.25, -0.2) is 9.97 Å². The molecule has 0 saturated carbocycles. The predicted octanol–water partition coefficient (Wildman–Crippen LogP) is 3.86. The predicted molar refractivity (Wildman–Crippen MR) is 120 cm³/mol. The van der Waals surface area contributed by atoms with E-state index in [9.17, 15) is 0 Å². The van der Waals surface area contributed by atoms with E-state index in [0.717, 1.165) is 60.3 Å². The number of nitrogens with one attached hydrogen (secondary N) is 2. The van der Waals surface area contributed by atoms with Crippen LogP contribution in [0.25, 0.3) is 33.3 Å². The largest absolute Gasteiger partial charge is 0.384 e. The zero-order valence-corrected chi connectivity index (χ0v) is 17.5. The van der Waals surface area contributed by atoms with E-state index >= 15 is 0 Å². The Hall–Kier alpha value is -2.90. The Bertz CT molecular complexity index is 1190. The van der Waals surface area contributed by atoms with Crippen LogP contribution in [0.5, 0.6) is 0 Å². The summed E-state index contributed by atoms with van der Waals surface area (Å²) in [5, 5.41) is 1.20. The van der Waals surface area contributed by atoms with Crippen molar-refractivity contribution >= 4 is 27.9 Å². The fourth-order valence-electron chi connectivity index (χ4n) is 4.51.